The smallest absolute Gasteiger partial charge is 0.325 e. The number of hydrogen-bond donors (Lipinski definition) is 2. The Morgan fingerprint density at radius 1 is 1.44 bits per heavy atom. The van der Waals surface area contributed by atoms with Gasteiger partial charge in [0.25, 0.3) is 6.43 Å². The first-order valence-electron chi connectivity index (χ1n) is 4.41. The highest BCUT2D eigenvalue weighted by atomic mass is 19.3. The molecule has 1 atom stereocenters. The van der Waals surface area contributed by atoms with Gasteiger partial charge in [-0.1, -0.05) is 0 Å². The van der Waals surface area contributed by atoms with E-state index in [1.807, 2.05) is 0 Å². The average Bonchev–Trinajstić information content (AvgIpc) is 2.26. The van der Waals surface area contributed by atoms with Crippen molar-refractivity contribution in [3.05, 3.63) is 29.3 Å². The molecule has 3 N–H and O–H groups in total. The summed E-state index contributed by atoms with van der Waals surface area (Å²) < 4.78 is 30.0. The van der Waals surface area contributed by atoms with Crippen LogP contribution < -0.4 is 10.5 Å². The van der Waals surface area contributed by atoms with Gasteiger partial charge in [-0.2, -0.15) is 0 Å². The SMILES string of the molecule is COc1ccc(C(F)F)c(C(N)C(=O)O)c1. The van der Waals surface area contributed by atoms with Gasteiger partial charge >= 0.3 is 5.97 Å². The molecule has 6 heteroatoms. The van der Waals surface area contributed by atoms with Crippen molar-refractivity contribution in [2.75, 3.05) is 7.11 Å². The predicted molar refractivity (Wildman–Crippen MR) is 52.5 cm³/mol. The molecule has 4 nitrogen and oxygen atoms in total. The van der Waals surface area contributed by atoms with Crippen LogP contribution in [0.25, 0.3) is 0 Å². The summed E-state index contributed by atoms with van der Waals surface area (Å²) >= 11 is 0. The number of carboxylic acid groups (broad SMARTS) is 1. The van der Waals surface area contributed by atoms with Crippen molar-refractivity contribution in [1.29, 1.82) is 0 Å². The molecule has 0 aliphatic heterocycles. The Balaban J connectivity index is 3.25. The number of rotatable bonds is 4. The molecule has 0 amide bonds. The van der Waals surface area contributed by atoms with Gasteiger partial charge < -0.3 is 15.6 Å². The maximum Gasteiger partial charge on any atom is 0.325 e. The van der Waals surface area contributed by atoms with Crippen LogP contribution in [0.15, 0.2) is 18.2 Å². The van der Waals surface area contributed by atoms with Crippen molar-refractivity contribution < 1.29 is 23.4 Å². The van der Waals surface area contributed by atoms with E-state index in [1.54, 1.807) is 0 Å². The lowest BCUT2D eigenvalue weighted by molar-refractivity contribution is -0.138. The largest absolute Gasteiger partial charge is 0.497 e. The summed E-state index contributed by atoms with van der Waals surface area (Å²) in [5.74, 6) is -1.08. The van der Waals surface area contributed by atoms with Crippen LogP contribution in [0.1, 0.15) is 23.6 Å². The lowest BCUT2D eigenvalue weighted by Gasteiger charge is -2.13. The summed E-state index contributed by atoms with van der Waals surface area (Å²) in [5.41, 5.74) is 4.78. The molecule has 0 saturated heterocycles. The van der Waals surface area contributed by atoms with Crippen molar-refractivity contribution in [1.82, 2.24) is 0 Å². The van der Waals surface area contributed by atoms with Crippen molar-refractivity contribution >= 4 is 5.97 Å². The minimum Gasteiger partial charge on any atom is -0.497 e. The number of alkyl halides is 2. The van der Waals surface area contributed by atoms with Crippen LogP contribution in [0.2, 0.25) is 0 Å². The Hall–Kier alpha value is -1.69. The maximum absolute atomic E-state index is 12.6. The summed E-state index contributed by atoms with van der Waals surface area (Å²) in [6.07, 6.45) is -2.77. The van der Waals surface area contributed by atoms with Crippen molar-refractivity contribution in [3.8, 4) is 5.75 Å². The first-order valence-corrected chi connectivity index (χ1v) is 4.41. The number of aliphatic carboxylic acids is 1. The van der Waals surface area contributed by atoms with Gasteiger partial charge in [-0.15, -0.1) is 0 Å². The maximum atomic E-state index is 12.6. The monoisotopic (exact) mass is 231 g/mol. The normalized spacial score (nSPS) is 12.6. The predicted octanol–water partition coefficient (Wildman–Crippen LogP) is 1.72. The zero-order valence-electron chi connectivity index (χ0n) is 8.48. The molecule has 1 aromatic rings. The number of carbonyl (C=O) groups is 1. The second-order valence-corrected chi connectivity index (χ2v) is 3.11. The summed E-state index contributed by atoms with van der Waals surface area (Å²) in [6.45, 7) is 0. The van der Waals surface area contributed by atoms with E-state index in [-0.39, 0.29) is 11.3 Å². The molecule has 0 heterocycles. The zero-order chi connectivity index (χ0) is 12.3. The van der Waals surface area contributed by atoms with Crippen molar-refractivity contribution in [2.24, 2.45) is 5.73 Å². The summed E-state index contributed by atoms with van der Waals surface area (Å²) in [6, 6.07) is 2.17. The highest BCUT2D eigenvalue weighted by Crippen LogP contribution is 2.29. The average molecular weight is 231 g/mol. The molecule has 0 spiro atoms. The molecular formula is C10H11F2NO3. The molecule has 0 aliphatic carbocycles. The molecule has 0 aliphatic rings. The van der Waals surface area contributed by atoms with Gasteiger partial charge in [0.1, 0.15) is 11.8 Å². The van der Waals surface area contributed by atoms with E-state index in [2.05, 4.69) is 0 Å². The number of halogens is 2. The van der Waals surface area contributed by atoms with E-state index in [0.29, 0.717) is 0 Å². The number of hydrogen-bond acceptors (Lipinski definition) is 3. The molecule has 16 heavy (non-hydrogen) atoms. The number of nitrogens with two attached hydrogens (primary N) is 1. The Morgan fingerprint density at radius 2 is 2.06 bits per heavy atom. The quantitative estimate of drug-likeness (QED) is 0.827. The van der Waals surface area contributed by atoms with E-state index < -0.39 is 24.0 Å². The molecule has 1 unspecified atom stereocenters. The molecular weight excluding hydrogens is 220 g/mol. The van der Waals surface area contributed by atoms with E-state index in [1.165, 1.54) is 19.2 Å². The van der Waals surface area contributed by atoms with Gasteiger partial charge in [0, 0.05) is 5.56 Å². The first-order chi connectivity index (χ1) is 7.47. The summed E-state index contributed by atoms with van der Waals surface area (Å²) in [7, 11) is 1.35. The molecule has 1 aromatic carbocycles. The topological polar surface area (TPSA) is 72.5 Å². The second-order valence-electron chi connectivity index (χ2n) is 3.11. The van der Waals surface area contributed by atoms with Gasteiger partial charge in [0.15, 0.2) is 0 Å². The number of benzene rings is 1. The van der Waals surface area contributed by atoms with Crippen LogP contribution >= 0.6 is 0 Å². The molecule has 0 fully saturated rings. The molecule has 1 rings (SSSR count). The third-order valence-corrected chi connectivity index (χ3v) is 2.13. The minimum atomic E-state index is -2.77. The summed E-state index contributed by atoms with van der Waals surface area (Å²) in [5, 5.41) is 8.69. The molecule has 88 valence electrons. The fourth-order valence-electron chi connectivity index (χ4n) is 1.28. The lowest BCUT2D eigenvalue weighted by Crippen LogP contribution is -2.22. The van der Waals surface area contributed by atoms with Gasteiger partial charge in [-0.25, -0.2) is 8.78 Å². The van der Waals surface area contributed by atoms with Crippen LogP contribution in [0.5, 0.6) is 5.75 Å². The zero-order valence-corrected chi connectivity index (χ0v) is 8.48. The fraction of sp³-hybridized carbons (Fsp3) is 0.300. The highest BCUT2D eigenvalue weighted by molar-refractivity contribution is 5.76. The Kier molecular flexibility index (Phi) is 3.78. The molecule has 0 saturated carbocycles. The standard InChI is InChI=1S/C10H11F2NO3/c1-16-5-2-3-6(9(11)12)7(4-5)8(13)10(14)15/h2-4,8-9H,13H2,1H3,(H,14,15). The Morgan fingerprint density at radius 3 is 2.50 bits per heavy atom. The van der Waals surface area contributed by atoms with E-state index in [4.69, 9.17) is 15.6 Å². The Bertz CT molecular complexity index is 396. The van der Waals surface area contributed by atoms with Gasteiger partial charge in [-0.05, 0) is 23.8 Å². The highest BCUT2D eigenvalue weighted by Gasteiger charge is 2.22. The molecule has 0 aromatic heterocycles. The van der Waals surface area contributed by atoms with Crippen LogP contribution in [0.4, 0.5) is 8.78 Å². The van der Waals surface area contributed by atoms with Crippen molar-refractivity contribution in [2.45, 2.75) is 12.5 Å². The van der Waals surface area contributed by atoms with Crippen LogP contribution in [-0.2, 0) is 4.79 Å². The van der Waals surface area contributed by atoms with E-state index in [0.717, 1.165) is 6.07 Å². The summed E-state index contributed by atoms with van der Waals surface area (Å²) in [4.78, 5) is 10.7. The van der Waals surface area contributed by atoms with Crippen LogP contribution in [0, 0.1) is 0 Å². The number of ether oxygens (including phenoxy) is 1. The van der Waals surface area contributed by atoms with E-state index >= 15 is 0 Å². The molecule has 0 radical (unpaired) electrons. The third kappa shape index (κ3) is 2.46. The number of carboxylic acids is 1. The third-order valence-electron chi connectivity index (χ3n) is 2.13. The van der Waals surface area contributed by atoms with Crippen LogP contribution in [0.3, 0.4) is 0 Å². The molecule has 0 bridgehead atoms. The second kappa shape index (κ2) is 4.89. The Labute approximate surface area is 90.6 Å². The van der Waals surface area contributed by atoms with Gasteiger partial charge in [0.2, 0.25) is 0 Å². The lowest BCUT2D eigenvalue weighted by atomic mass is 10.0. The fourth-order valence-corrected chi connectivity index (χ4v) is 1.28. The van der Waals surface area contributed by atoms with Gasteiger partial charge in [0.05, 0.1) is 7.11 Å². The van der Waals surface area contributed by atoms with Gasteiger partial charge in [-0.3, -0.25) is 4.79 Å². The van der Waals surface area contributed by atoms with Crippen molar-refractivity contribution in [3.63, 3.8) is 0 Å². The first kappa shape index (κ1) is 12.4. The minimum absolute atomic E-state index is 0.137. The number of methoxy groups -OCH3 is 1. The van der Waals surface area contributed by atoms with E-state index in [9.17, 15) is 13.6 Å². The van der Waals surface area contributed by atoms with Crippen LogP contribution in [-0.4, -0.2) is 18.2 Å².